The zero-order valence-electron chi connectivity index (χ0n) is 21.3. The van der Waals surface area contributed by atoms with E-state index in [0.29, 0.717) is 36.6 Å². The van der Waals surface area contributed by atoms with Crippen LogP contribution in [0.25, 0.3) is 0 Å². The highest BCUT2D eigenvalue weighted by Crippen LogP contribution is 2.37. The van der Waals surface area contributed by atoms with Crippen molar-refractivity contribution >= 4 is 28.9 Å². The molecule has 2 saturated heterocycles. The van der Waals surface area contributed by atoms with Gasteiger partial charge in [0.2, 0.25) is 5.91 Å². The number of carbonyl (C=O) groups is 1. The molecule has 2 aliphatic rings. The summed E-state index contributed by atoms with van der Waals surface area (Å²) in [5.41, 5.74) is -0.0236. The zero-order valence-corrected chi connectivity index (χ0v) is 22.1. The van der Waals surface area contributed by atoms with Crippen LogP contribution >= 0.6 is 12.2 Å². The van der Waals surface area contributed by atoms with Gasteiger partial charge in [0.15, 0.2) is 5.11 Å². The average Bonchev–Trinajstić information content (AvgIpc) is 3.15. The van der Waals surface area contributed by atoms with E-state index in [1.165, 1.54) is 6.07 Å². The van der Waals surface area contributed by atoms with Gasteiger partial charge in [0.25, 0.3) is 0 Å². The summed E-state index contributed by atoms with van der Waals surface area (Å²) in [6.07, 6.45) is -2.40. The van der Waals surface area contributed by atoms with Crippen molar-refractivity contribution in [2.45, 2.75) is 57.5 Å². The molecule has 1 amide bonds. The predicted molar refractivity (Wildman–Crippen MR) is 141 cm³/mol. The second-order valence-corrected chi connectivity index (χ2v) is 10.2. The third-order valence-corrected chi connectivity index (χ3v) is 7.86. The normalized spacial score (nSPS) is 20.3. The molecule has 37 heavy (non-hydrogen) atoms. The fourth-order valence-electron chi connectivity index (χ4n) is 5.06. The maximum Gasteiger partial charge on any atom is 0.416 e. The van der Waals surface area contributed by atoms with Crippen LogP contribution in [0.3, 0.4) is 0 Å². The number of anilines is 1. The minimum absolute atomic E-state index is 0.0563. The van der Waals surface area contributed by atoms with E-state index in [0.717, 1.165) is 30.0 Å². The molecule has 0 aliphatic carbocycles. The molecule has 0 saturated carbocycles. The van der Waals surface area contributed by atoms with E-state index in [9.17, 15) is 18.0 Å². The third kappa shape index (κ3) is 5.85. The lowest BCUT2D eigenvalue weighted by Crippen LogP contribution is -2.59. The minimum Gasteiger partial charge on any atom is -0.497 e. The van der Waals surface area contributed by atoms with Gasteiger partial charge in [-0.05, 0) is 60.1 Å². The van der Waals surface area contributed by atoms with Crippen molar-refractivity contribution in [2.24, 2.45) is 5.92 Å². The number of benzene rings is 2. The van der Waals surface area contributed by atoms with Crippen molar-refractivity contribution in [3.63, 3.8) is 0 Å². The number of halogens is 3. The number of hydrogen-bond donors (Lipinski definition) is 2. The summed E-state index contributed by atoms with van der Waals surface area (Å²) >= 11 is 5.65. The van der Waals surface area contributed by atoms with Gasteiger partial charge in [0.05, 0.1) is 24.4 Å². The Kier molecular flexibility index (Phi) is 7.99. The lowest BCUT2D eigenvalue weighted by molar-refractivity contribution is -0.137. The van der Waals surface area contributed by atoms with Crippen molar-refractivity contribution in [3.8, 4) is 5.75 Å². The molecule has 1 spiro atoms. The summed E-state index contributed by atoms with van der Waals surface area (Å²) in [5.74, 6) is 0.802. The van der Waals surface area contributed by atoms with E-state index in [4.69, 9.17) is 17.0 Å². The van der Waals surface area contributed by atoms with Crippen LogP contribution in [0.4, 0.5) is 18.9 Å². The van der Waals surface area contributed by atoms with Crippen molar-refractivity contribution in [1.29, 1.82) is 0 Å². The standard InChI is InChI=1S/C27H33F3N4O2S/c1-4-18(2)23-24(35)34(17-19-6-5-7-20(16-19)27(28,29)30)26(32-23)12-14-33(15-13-26)25(37)31-21-8-10-22(36-3)11-9-21/h5-11,16,18,23,32H,4,12-15,17H2,1-3H3,(H,31,37)/t18-,23-/m0/s1. The second-order valence-electron chi connectivity index (χ2n) is 9.81. The van der Waals surface area contributed by atoms with Gasteiger partial charge in [-0.25, -0.2) is 0 Å². The molecule has 2 aromatic carbocycles. The maximum absolute atomic E-state index is 13.6. The summed E-state index contributed by atoms with van der Waals surface area (Å²) in [6.45, 7) is 5.40. The number of nitrogens with one attached hydrogen (secondary N) is 2. The van der Waals surface area contributed by atoms with Gasteiger partial charge >= 0.3 is 6.18 Å². The number of hydrogen-bond acceptors (Lipinski definition) is 4. The van der Waals surface area contributed by atoms with E-state index in [1.54, 1.807) is 18.1 Å². The number of thiocarbonyl (C=S) groups is 1. The van der Waals surface area contributed by atoms with Gasteiger partial charge in [-0.3, -0.25) is 10.1 Å². The quantitative estimate of drug-likeness (QED) is 0.494. The Hall–Kier alpha value is -2.85. The van der Waals surface area contributed by atoms with Crippen molar-refractivity contribution in [2.75, 3.05) is 25.5 Å². The van der Waals surface area contributed by atoms with Gasteiger partial charge in [0, 0.05) is 38.2 Å². The number of carbonyl (C=O) groups excluding carboxylic acids is 1. The molecular weight excluding hydrogens is 501 g/mol. The summed E-state index contributed by atoms with van der Waals surface area (Å²) in [6, 6.07) is 12.4. The summed E-state index contributed by atoms with van der Waals surface area (Å²) in [5, 5.41) is 7.44. The molecule has 0 aromatic heterocycles. The van der Waals surface area contributed by atoms with Gasteiger partial charge in [-0.1, -0.05) is 32.4 Å². The molecule has 200 valence electrons. The minimum atomic E-state index is -4.43. The largest absolute Gasteiger partial charge is 0.497 e. The highest BCUT2D eigenvalue weighted by molar-refractivity contribution is 7.80. The first kappa shape index (κ1) is 27.2. The Balaban J connectivity index is 1.50. The molecule has 4 rings (SSSR count). The lowest BCUT2D eigenvalue weighted by Gasteiger charge is -2.45. The molecule has 0 bridgehead atoms. The van der Waals surface area contributed by atoms with E-state index in [-0.39, 0.29) is 24.4 Å². The van der Waals surface area contributed by atoms with Crippen LogP contribution in [-0.4, -0.2) is 52.7 Å². The molecule has 0 unspecified atom stereocenters. The first-order chi connectivity index (χ1) is 17.6. The summed E-state index contributed by atoms with van der Waals surface area (Å²) < 4.78 is 45.1. The van der Waals surface area contributed by atoms with E-state index in [1.807, 2.05) is 38.1 Å². The van der Waals surface area contributed by atoms with Crippen molar-refractivity contribution < 1.29 is 22.7 Å². The average molecular weight is 535 g/mol. The van der Waals surface area contributed by atoms with Crippen molar-refractivity contribution in [1.82, 2.24) is 15.1 Å². The SMILES string of the molecule is CC[C@H](C)[C@@H]1NC2(CCN(C(=S)Nc3ccc(OC)cc3)CC2)N(Cc2cccc(C(F)(F)F)c2)C1=O. The lowest BCUT2D eigenvalue weighted by atomic mass is 9.95. The van der Waals surface area contributed by atoms with Crippen LogP contribution in [0.1, 0.15) is 44.2 Å². The highest BCUT2D eigenvalue weighted by atomic mass is 32.1. The monoisotopic (exact) mass is 534 g/mol. The van der Waals surface area contributed by atoms with Crippen molar-refractivity contribution in [3.05, 3.63) is 59.7 Å². The number of alkyl halides is 3. The highest BCUT2D eigenvalue weighted by Gasteiger charge is 2.52. The summed E-state index contributed by atoms with van der Waals surface area (Å²) in [4.78, 5) is 17.4. The molecular formula is C27H33F3N4O2S. The van der Waals surface area contributed by atoms with Crippen LogP contribution in [0, 0.1) is 5.92 Å². The smallest absolute Gasteiger partial charge is 0.416 e. The number of piperidine rings is 1. The first-order valence-corrected chi connectivity index (χ1v) is 12.9. The van der Waals surface area contributed by atoms with Gasteiger partial charge in [-0.2, -0.15) is 13.2 Å². The van der Waals surface area contributed by atoms with E-state index >= 15 is 0 Å². The maximum atomic E-state index is 13.6. The van der Waals surface area contributed by atoms with Crippen LogP contribution in [0.15, 0.2) is 48.5 Å². The van der Waals surface area contributed by atoms with Crippen LogP contribution < -0.4 is 15.4 Å². The van der Waals surface area contributed by atoms with Gasteiger partial charge in [0.1, 0.15) is 5.75 Å². The van der Waals surface area contributed by atoms with Gasteiger partial charge in [-0.15, -0.1) is 0 Å². The topological polar surface area (TPSA) is 56.8 Å². The second kappa shape index (κ2) is 10.9. The molecule has 0 radical (unpaired) electrons. The number of methoxy groups -OCH3 is 1. The Morgan fingerprint density at radius 2 is 1.89 bits per heavy atom. The molecule has 2 atom stereocenters. The molecule has 10 heteroatoms. The Morgan fingerprint density at radius 1 is 1.22 bits per heavy atom. The van der Waals surface area contributed by atoms with Crippen LogP contribution in [0.5, 0.6) is 5.75 Å². The molecule has 2 aromatic rings. The molecule has 2 fully saturated rings. The molecule has 2 aliphatic heterocycles. The number of rotatable bonds is 6. The fourth-order valence-corrected chi connectivity index (χ4v) is 5.36. The predicted octanol–water partition coefficient (Wildman–Crippen LogP) is 5.25. The van der Waals surface area contributed by atoms with Crippen LogP contribution in [-0.2, 0) is 17.5 Å². The number of ether oxygens (including phenoxy) is 1. The zero-order chi connectivity index (χ0) is 26.8. The first-order valence-electron chi connectivity index (χ1n) is 12.5. The number of amides is 1. The summed E-state index contributed by atoms with van der Waals surface area (Å²) in [7, 11) is 1.61. The van der Waals surface area contributed by atoms with E-state index in [2.05, 4.69) is 15.5 Å². The third-order valence-electron chi connectivity index (χ3n) is 7.50. The number of likely N-dealkylation sites (tertiary alicyclic amines) is 1. The molecule has 2 heterocycles. The fraction of sp³-hybridized carbons (Fsp3) is 0.481. The molecule has 6 nitrogen and oxygen atoms in total. The Morgan fingerprint density at radius 3 is 2.49 bits per heavy atom. The molecule has 2 N–H and O–H groups in total. The Labute approximate surface area is 221 Å². The van der Waals surface area contributed by atoms with Crippen LogP contribution in [0.2, 0.25) is 0 Å². The number of nitrogens with zero attached hydrogens (tertiary/aromatic N) is 2. The van der Waals surface area contributed by atoms with Gasteiger partial charge < -0.3 is 19.9 Å². The Bertz CT molecular complexity index is 1120. The van der Waals surface area contributed by atoms with E-state index < -0.39 is 17.4 Å².